The maximum Gasteiger partial charge on any atom is 0.306 e. The Labute approximate surface area is 471 Å². The van der Waals surface area contributed by atoms with Crippen LogP contribution in [0.4, 0.5) is 0 Å². The molecule has 472 valence electrons. The van der Waals surface area contributed by atoms with Crippen molar-refractivity contribution in [3.05, 3.63) is 0 Å². The molecule has 6 unspecified atom stereocenters. The fraction of sp³-hybridized carbons (Fsp3) is 0.897. The molecule has 20 heteroatoms. The second kappa shape index (κ2) is 66.0. The van der Waals surface area contributed by atoms with E-state index in [1.54, 1.807) is 0 Å². The molecule has 0 aromatic carbocycles. The van der Waals surface area contributed by atoms with E-state index in [4.69, 9.17) is 71.5 Å². The van der Waals surface area contributed by atoms with E-state index in [2.05, 4.69) is 41.5 Å². The first-order chi connectivity index (χ1) is 36.8. The van der Waals surface area contributed by atoms with E-state index in [0.29, 0.717) is 0 Å². The number of unbranched alkanes of at least 4 members (excludes halogenated alkanes) is 6. The molecule has 0 aromatic rings. The Hall–Kier alpha value is -3.50. The van der Waals surface area contributed by atoms with Crippen molar-refractivity contribution in [2.24, 2.45) is 46.3 Å². The van der Waals surface area contributed by atoms with E-state index in [9.17, 15) is 28.8 Å². The number of carboxylic acids is 6. The summed E-state index contributed by atoms with van der Waals surface area (Å²) < 4.78 is 0. The van der Waals surface area contributed by atoms with Crippen molar-refractivity contribution in [2.75, 3.05) is 52.9 Å². The molecule has 0 saturated carbocycles. The standard InChI is InChI=1S/6C8H16O2.2C5H12O4/c6*1-3-5-6-7(4-2)8(9)10;2*6-1-5(2-7,3-8)4-9/h6*7H,3-6H2,1-2H3,(H,9,10);2*6-9H,1-4H2. The molecule has 0 bridgehead atoms. The molecule has 0 aliphatic rings. The molecule has 20 nitrogen and oxygen atoms in total. The second-order valence-electron chi connectivity index (χ2n) is 19.8. The van der Waals surface area contributed by atoms with E-state index in [0.717, 1.165) is 154 Å². The van der Waals surface area contributed by atoms with Crippen molar-refractivity contribution < 1.29 is 100 Å². The highest BCUT2D eigenvalue weighted by molar-refractivity contribution is 5.71. The van der Waals surface area contributed by atoms with Crippen molar-refractivity contribution in [3.63, 3.8) is 0 Å². The summed E-state index contributed by atoms with van der Waals surface area (Å²) >= 11 is 0. The summed E-state index contributed by atoms with van der Waals surface area (Å²) in [5.41, 5.74) is -2.22. The molecule has 0 aliphatic carbocycles. The van der Waals surface area contributed by atoms with Gasteiger partial charge >= 0.3 is 35.8 Å². The Kier molecular flexibility index (Phi) is 77.0. The van der Waals surface area contributed by atoms with Crippen LogP contribution in [0.2, 0.25) is 0 Å². The zero-order valence-electron chi connectivity index (χ0n) is 50.8. The van der Waals surface area contributed by atoms with E-state index in [1.165, 1.54) is 0 Å². The van der Waals surface area contributed by atoms with Gasteiger partial charge in [0.05, 0.1) is 99.2 Å². The average Bonchev–Trinajstić information content (AvgIpc) is 3.42. The number of hydrogen-bond acceptors (Lipinski definition) is 14. The quantitative estimate of drug-likeness (QED) is 0.0273. The lowest BCUT2D eigenvalue weighted by molar-refractivity contribution is -0.143. The van der Waals surface area contributed by atoms with Gasteiger partial charge in [0.2, 0.25) is 0 Å². The minimum atomic E-state index is -1.11. The smallest absolute Gasteiger partial charge is 0.306 e. The third kappa shape index (κ3) is 57.2. The molecule has 0 rings (SSSR count). The Bertz CT molecular complexity index is 1070. The second-order valence-corrected chi connectivity index (χ2v) is 19.8. The van der Waals surface area contributed by atoms with Crippen LogP contribution in [0.1, 0.15) is 237 Å². The molecule has 0 amide bonds. The van der Waals surface area contributed by atoms with Gasteiger partial charge in [-0.3, -0.25) is 28.8 Å². The Morgan fingerprint density at radius 1 is 0.244 bits per heavy atom. The first-order valence-corrected chi connectivity index (χ1v) is 29.0. The van der Waals surface area contributed by atoms with E-state index >= 15 is 0 Å². The minimum Gasteiger partial charge on any atom is -0.481 e. The van der Waals surface area contributed by atoms with Crippen molar-refractivity contribution in [3.8, 4) is 0 Å². The van der Waals surface area contributed by atoms with Crippen LogP contribution in [0.3, 0.4) is 0 Å². The van der Waals surface area contributed by atoms with Gasteiger partial charge in [0.1, 0.15) is 0 Å². The molecule has 0 aromatic heterocycles. The number of aliphatic hydroxyl groups excluding tert-OH is 8. The summed E-state index contributed by atoms with van der Waals surface area (Å²) in [6.45, 7) is 20.8. The summed E-state index contributed by atoms with van der Waals surface area (Å²) in [4.78, 5) is 62.6. The van der Waals surface area contributed by atoms with Crippen LogP contribution in [0.5, 0.6) is 0 Å². The molecule has 0 radical (unpaired) electrons. The van der Waals surface area contributed by atoms with Gasteiger partial charge in [-0.05, 0) is 77.0 Å². The number of aliphatic hydroxyl groups is 8. The van der Waals surface area contributed by atoms with Crippen LogP contribution in [0.25, 0.3) is 0 Å². The highest BCUT2D eigenvalue weighted by atomic mass is 16.4. The van der Waals surface area contributed by atoms with Crippen molar-refractivity contribution in [1.82, 2.24) is 0 Å². The lowest BCUT2D eigenvalue weighted by Crippen LogP contribution is -2.37. The first-order valence-electron chi connectivity index (χ1n) is 29.0. The van der Waals surface area contributed by atoms with Gasteiger partial charge in [0, 0.05) is 0 Å². The molecule has 0 saturated heterocycles. The molecule has 14 N–H and O–H groups in total. The largest absolute Gasteiger partial charge is 0.481 e. The van der Waals surface area contributed by atoms with Gasteiger partial charge in [-0.15, -0.1) is 0 Å². The molecular weight excluding hydrogens is 1020 g/mol. The van der Waals surface area contributed by atoms with E-state index < -0.39 is 99.5 Å². The molecule has 0 spiro atoms. The lowest BCUT2D eigenvalue weighted by Gasteiger charge is -2.23. The molecule has 0 heterocycles. The zero-order valence-corrected chi connectivity index (χ0v) is 50.8. The zero-order chi connectivity index (χ0) is 62.6. The number of rotatable bonds is 38. The maximum atomic E-state index is 10.4. The first kappa shape index (κ1) is 91.0. The molecule has 0 fully saturated rings. The van der Waals surface area contributed by atoms with Crippen molar-refractivity contribution in [1.29, 1.82) is 0 Å². The van der Waals surface area contributed by atoms with Gasteiger partial charge in [-0.25, -0.2) is 0 Å². The number of aliphatic carboxylic acids is 6. The highest BCUT2D eigenvalue weighted by Gasteiger charge is 2.27. The number of carbonyl (C=O) groups is 6. The molecule has 6 atom stereocenters. The van der Waals surface area contributed by atoms with Crippen LogP contribution in [-0.2, 0) is 28.8 Å². The van der Waals surface area contributed by atoms with Crippen LogP contribution < -0.4 is 0 Å². The lowest BCUT2D eigenvalue weighted by atomic mass is 9.93. The monoisotopic (exact) mass is 1140 g/mol. The van der Waals surface area contributed by atoms with E-state index in [1.807, 2.05) is 41.5 Å². The summed E-state index contributed by atoms with van der Waals surface area (Å²) in [5.74, 6) is -4.52. The molecule has 78 heavy (non-hydrogen) atoms. The third-order valence-electron chi connectivity index (χ3n) is 13.2. The summed E-state index contributed by atoms with van der Waals surface area (Å²) in [5, 5.41) is 120. The normalized spacial score (nSPS) is 12.8. The fourth-order valence-corrected chi connectivity index (χ4v) is 6.32. The van der Waals surface area contributed by atoms with E-state index in [-0.39, 0.29) is 35.5 Å². The predicted octanol–water partition coefficient (Wildman–Crippen LogP) is 9.61. The van der Waals surface area contributed by atoms with Crippen LogP contribution in [-0.4, -0.2) is 160 Å². The van der Waals surface area contributed by atoms with Crippen molar-refractivity contribution in [2.45, 2.75) is 237 Å². The topological polar surface area (TPSA) is 386 Å². The van der Waals surface area contributed by atoms with Gasteiger partial charge in [0.15, 0.2) is 0 Å². The average molecular weight is 1140 g/mol. The van der Waals surface area contributed by atoms with Gasteiger partial charge in [-0.1, -0.05) is 160 Å². The maximum absolute atomic E-state index is 10.4. The molecular formula is C58H120O20. The Morgan fingerprint density at radius 3 is 0.385 bits per heavy atom. The number of hydrogen-bond donors (Lipinski definition) is 14. The van der Waals surface area contributed by atoms with Gasteiger partial charge in [-0.2, -0.15) is 0 Å². The molecule has 0 aliphatic heterocycles. The Balaban J connectivity index is -0.000000120. The summed E-state index contributed by atoms with van der Waals surface area (Å²) in [7, 11) is 0. The minimum absolute atomic E-state index is 0.111. The SMILES string of the molecule is CCCCC(CC)C(=O)O.CCCCC(CC)C(=O)O.CCCCC(CC)C(=O)O.CCCCC(CC)C(=O)O.CCCCC(CC)C(=O)O.CCCCC(CC)C(=O)O.OCC(CO)(CO)CO.OCC(CO)(CO)CO. The fourth-order valence-electron chi connectivity index (χ4n) is 6.32. The van der Waals surface area contributed by atoms with Crippen LogP contribution in [0.15, 0.2) is 0 Å². The summed E-state index contributed by atoms with van der Waals surface area (Å²) in [6.07, 6.45) is 22.3. The predicted molar refractivity (Wildman–Crippen MR) is 307 cm³/mol. The summed E-state index contributed by atoms with van der Waals surface area (Å²) in [6, 6.07) is 0. The van der Waals surface area contributed by atoms with Gasteiger partial charge < -0.3 is 71.5 Å². The van der Waals surface area contributed by atoms with Crippen LogP contribution >= 0.6 is 0 Å². The third-order valence-corrected chi connectivity index (χ3v) is 13.2. The van der Waals surface area contributed by atoms with Crippen molar-refractivity contribution >= 4 is 35.8 Å². The Morgan fingerprint density at radius 2 is 0.346 bits per heavy atom. The number of carboxylic acid groups (broad SMARTS) is 6. The highest BCUT2D eigenvalue weighted by Crippen LogP contribution is 2.17. The van der Waals surface area contributed by atoms with Crippen LogP contribution in [0, 0.1) is 46.3 Å². The van der Waals surface area contributed by atoms with Gasteiger partial charge in [0.25, 0.3) is 0 Å².